The minimum atomic E-state index is -5.58. The van der Waals surface area contributed by atoms with E-state index < -0.39 is 69.4 Å². The van der Waals surface area contributed by atoms with Gasteiger partial charge >= 0.3 is 15.2 Å². The van der Waals surface area contributed by atoms with E-state index in [1.165, 1.54) is 13.8 Å². The van der Waals surface area contributed by atoms with Gasteiger partial charge in [-0.15, -0.1) is 0 Å². The lowest BCUT2D eigenvalue weighted by Crippen LogP contribution is -2.45. The van der Waals surface area contributed by atoms with Crippen molar-refractivity contribution in [3.63, 3.8) is 0 Å². The second-order valence-electron chi connectivity index (χ2n) is 6.36. The van der Waals surface area contributed by atoms with Crippen molar-refractivity contribution in [3.8, 4) is 0 Å². The number of rotatable bonds is 9. The SMILES string of the molecule is CC1(C)OC(C(=O)CO)[C@H](C(=O)NCCCC(O)(P(=O)(O)O)P(=O)(O)O)O1. The van der Waals surface area contributed by atoms with Crippen LogP contribution in [0.1, 0.15) is 26.7 Å². The first-order valence-electron chi connectivity index (χ1n) is 7.66. The molecular formula is C12H23NO12P2. The Balaban J connectivity index is 2.71. The third-order valence-electron chi connectivity index (χ3n) is 3.75. The van der Waals surface area contributed by atoms with Crippen LogP contribution < -0.4 is 5.32 Å². The van der Waals surface area contributed by atoms with Crippen molar-refractivity contribution in [2.45, 2.75) is 49.8 Å². The molecule has 158 valence electrons. The summed E-state index contributed by atoms with van der Waals surface area (Å²) < 4.78 is 33.0. The van der Waals surface area contributed by atoms with Crippen molar-refractivity contribution in [1.29, 1.82) is 0 Å². The molecular weight excluding hydrogens is 412 g/mol. The van der Waals surface area contributed by atoms with Crippen LogP contribution in [-0.4, -0.2) is 77.7 Å². The minimum Gasteiger partial charge on any atom is -0.388 e. The zero-order valence-corrected chi connectivity index (χ0v) is 16.3. The Bertz CT molecular complexity index is 645. The van der Waals surface area contributed by atoms with Crippen LogP contribution in [0.3, 0.4) is 0 Å². The van der Waals surface area contributed by atoms with Gasteiger partial charge in [-0.25, -0.2) is 0 Å². The molecule has 1 amide bonds. The summed E-state index contributed by atoms with van der Waals surface area (Å²) in [5.41, 5.74) is 0. The van der Waals surface area contributed by atoms with E-state index in [1.54, 1.807) is 0 Å². The van der Waals surface area contributed by atoms with Crippen molar-refractivity contribution >= 4 is 26.9 Å². The van der Waals surface area contributed by atoms with Crippen LogP contribution in [0, 0.1) is 0 Å². The van der Waals surface area contributed by atoms with E-state index >= 15 is 0 Å². The van der Waals surface area contributed by atoms with E-state index in [1.807, 2.05) is 0 Å². The van der Waals surface area contributed by atoms with Gasteiger partial charge in [-0.3, -0.25) is 18.7 Å². The van der Waals surface area contributed by atoms with Gasteiger partial charge in [0.05, 0.1) is 0 Å². The molecule has 1 aliphatic rings. The quantitative estimate of drug-likeness (QED) is 0.154. The fraction of sp³-hybridized carbons (Fsp3) is 0.833. The predicted molar refractivity (Wildman–Crippen MR) is 87.2 cm³/mol. The highest BCUT2D eigenvalue weighted by Gasteiger charge is 2.58. The molecule has 15 heteroatoms. The molecule has 1 heterocycles. The Morgan fingerprint density at radius 1 is 1.07 bits per heavy atom. The highest BCUT2D eigenvalue weighted by atomic mass is 31.2. The Morgan fingerprint density at radius 3 is 2.00 bits per heavy atom. The average molecular weight is 435 g/mol. The first-order valence-corrected chi connectivity index (χ1v) is 10.9. The molecule has 0 aromatic heterocycles. The van der Waals surface area contributed by atoms with Crippen LogP contribution >= 0.6 is 15.2 Å². The molecule has 0 aromatic rings. The van der Waals surface area contributed by atoms with Crippen molar-refractivity contribution in [2.24, 2.45) is 0 Å². The number of Topliss-reactive ketones (excluding diaryl/α,β-unsaturated/α-hetero) is 1. The molecule has 0 spiro atoms. The van der Waals surface area contributed by atoms with Gasteiger partial charge in [-0.2, -0.15) is 0 Å². The molecule has 0 aromatic carbocycles. The van der Waals surface area contributed by atoms with Gasteiger partial charge in [-0.05, 0) is 20.3 Å². The summed E-state index contributed by atoms with van der Waals surface area (Å²) >= 11 is 0. The lowest BCUT2D eigenvalue weighted by atomic mass is 10.1. The molecule has 1 rings (SSSR count). The number of hydrogen-bond donors (Lipinski definition) is 7. The Morgan fingerprint density at radius 2 is 1.56 bits per heavy atom. The summed E-state index contributed by atoms with van der Waals surface area (Å²) in [4.78, 5) is 59.9. The molecule has 27 heavy (non-hydrogen) atoms. The Kier molecular flexibility index (Phi) is 7.51. The van der Waals surface area contributed by atoms with Crippen molar-refractivity contribution in [2.75, 3.05) is 13.2 Å². The number of carbonyl (C=O) groups excluding carboxylic acids is 2. The topological polar surface area (TPSA) is 220 Å². The maximum atomic E-state index is 12.2. The van der Waals surface area contributed by atoms with Crippen molar-refractivity contribution in [3.05, 3.63) is 0 Å². The van der Waals surface area contributed by atoms with E-state index in [-0.39, 0.29) is 6.54 Å². The third-order valence-corrected chi connectivity index (χ3v) is 7.63. The number of aliphatic hydroxyl groups is 2. The number of ketones is 1. The lowest BCUT2D eigenvalue weighted by Gasteiger charge is -2.29. The maximum absolute atomic E-state index is 12.2. The highest BCUT2D eigenvalue weighted by Crippen LogP contribution is 2.69. The molecule has 1 unspecified atom stereocenters. The summed E-state index contributed by atoms with van der Waals surface area (Å²) in [6, 6.07) is 0. The van der Waals surface area contributed by atoms with Crippen LogP contribution in [0.25, 0.3) is 0 Å². The van der Waals surface area contributed by atoms with Crippen LogP contribution in [0.15, 0.2) is 0 Å². The fourth-order valence-electron chi connectivity index (χ4n) is 2.38. The molecule has 2 atom stereocenters. The van der Waals surface area contributed by atoms with E-state index in [9.17, 15) is 23.8 Å². The molecule has 0 bridgehead atoms. The molecule has 1 aliphatic heterocycles. The standard InChI is InChI=1S/C12H23NO12P2/c1-11(2)24-8(7(15)6-14)9(25-11)10(16)13-5-3-4-12(17,26(18,19)20)27(21,22)23/h8-9,14,17H,3-6H2,1-2H3,(H,13,16)(H2,18,19,20)(H2,21,22,23)/t8?,9-/m1/s1. The fourth-order valence-corrected chi connectivity index (χ4v) is 4.63. The van der Waals surface area contributed by atoms with Gasteiger partial charge in [0.25, 0.3) is 11.0 Å². The number of hydrogen-bond acceptors (Lipinski definition) is 8. The van der Waals surface area contributed by atoms with Gasteiger partial charge in [0.2, 0.25) is 0 Å². The molecule has 13 nitrogen and oxygen atoms in total. The van der Waals surface area contributed by atoms with E-state index in [4.69, 9.17) is 34.2 Å². The van der Waals surface area contributed by atoms with Crippen LogP contribution in [0.5, 0.6) is 0 Å². The minimum absolute atomic E-state index is 0.346. The van der Waals surface area contributed by atoms with Crippen molar-refractivity contribution < 1.29 is 58.0 Å². The molecule has 0 saturated carbocycles. The molecule has 1 saturated heterocycles. The van der Waals surface area contributed by atoms with Crippen LogP contribution in [0.2, 0.25) is 0 Å². The average Bonchev–Trinajstić information content (AvgIpc) is 2.84. The molecule has 0 aliphatic carbocycles. The Hall–Kier alpha value is -0.720. The normalized spacial score (nSPS) is 23.3. The summed E-state index contributed by atoms with van der Waals surface area (Å²) in [5.74, 6) is -2.92. The monoisotopic (exact) mass is 435 g/mol. The summed E-state index contributed by atoms with van der Waals surface area (Å²) in [5, 5.41) is 17.3. The summed E-state index contributed by atoms with van der Waals surface area (Å²) in [6.45, 7) is 1.66. The van der Waals surface area contributed by atoms with Gasteiger partial charge in [0.1, 0.15) is 6.61 Å². The summed E-state index contributed by atoms with van der Waals surface area (Å²) in [6.07, 6.45) is -4.18. The van der Waals surface area contributed by atoms with Gasteiger partial charge in [0, 0.05) is 13.0 Å². The van der Waals surface area contributed by atoms with Gasteiger partial charge in [0.15, 0.2) is 23.8 Å². The Labute approximate surface area is 154 Å². The molecule has 7 N–H and O–H groups in total. The van der Waals surface area contributed by atoms with Crippen LogP contribution in [-0.2, 0) is 28.2 Å². The van der Waals surface area contributed by atoms with E-state index in [0.717, 1.165) is 0 Å². The number of ether oxygens (including phenoxy) is 2. The number of nitrogens with one attached hydrogen (secondary N) is 1. The third kappa shape index (κ3) is 5.64. The van der Waals surface area contributed by atoms with Gasteiger partial charge in [-0.1, -0.05) is 0 Å². The largest absolute Gasteiger partial charge is 0.388 e. The number of aliphatic hydroxyl groups excluding tert-OH is 1. The van der Waals surface area contributed by atoms with E-state index in [0.29, 0.717) is 0 Å². The first kappa shape index (κ1) is 24.3. The first-order chi connectivity index (χ1) is 12.1. The molecule has 0 radical (unpaired) electrons. The van der Waals surface area contributed by atoms with Gasteiger partial charge < -0.3 is 44.6 Å². The second kappa shape index (κ2) is 8.34. The zero-order chi connectivity index (χ0) is 21.3. The van der Waals surface area contributed by atoms with Crippen LogP contribution in [0.4, 0.5) is 0 Å². The smallest absolute Gasteiger partial charge is 0.369 e. The van der Waals surface area contributed by atoms with E-state index in [2.05, 4.69) is 5.32 Å². The number of amides is 1. The molecule has 1 fully saturated rings. The summed E-state index contributed by atoms with van der Waals surface area (Å²) in [7, 11) is -11.2. The predicted octanol–water partition coefficient (Wildman–Crippen LogP) is -2.03. The lowest BCUT2D eigenvalue weighted by molar-refractivity contribution is -0.159. The maximum Gasteiger partial charge on any atom is 0.369 e. The zero-order valence-electron chi connectivity index (χ0n) is 14.5. The second-order valence-corrected chi connectivity index (χ2v) is 10.4. The van der Waals surface area contributed by atoms with Crippen molar-refractivity contribution in [1.82, 2.24) is 5.32 Å². The number of carbonyl (C=O) groups is 2. The highest BCUT2D eigenvalue weighted by molar-refractivity contribution is 7.72.